The molecule has 0 aliphatic carbocycles. The Bertz CT molecular complexity index is 643. The molecule has 0 aromatic heterocycles. The molecule has 1 amide bonds. The van der Waals surface area contributed by atoms with Crippen molar-refractivity contribution in [2.75, 3.05) is 5.73 Å². The van der Waals surface area contributed by atoms with Gasteiger partial charge < -0.3 is 5.73 Å². The van der Waals surface area contributed by atoms with Crippen LogP contribution in [0.3, 0.4) is 0 Å². The third-order valence-corrected chi connectivity index (χ3v) is 3.28. The number of nitrogens with one attached hydrogen (secondary N) is 1. The maximum absolute atomic E-state index is 12.0. The summed E-state index contributed by atoms with van der Waals surface area (Å²) in [4.78, 5) is 12.0. The molecule has 4 heteroatoms. The van der Waals surface area contributed by atoms with E-state index in [0.29, 0.717) is 11.3 Å². The lowest BCUT2D eigenvalue weighted by atomic mass is 10.1. The average molecular weight is 281 g/mol. The van der Waals surface area contributed by atoms with Gasteiger partial charge in [0.1, 0.15) is 0 Å². The molecule has 0 heterocycles. The van der Waals surface area contributed by atoms with Gasteiger partial charge in [-0.05, 0) is 48.7 Å². The number of hydrogen-bond donors (Lipinski definition) is 2. The molecule has 108 valence electrons. The molecule has 2 aromatic rings. The van der Waals surface area contributed by atoms with Crippen LogP contribution in [0.15, 0.2) is 53.6 Å². The van der Waals surface area contributed by atoms with Crippen molar-refractivity contribution >= 4 is 17.3 Å². The summed E-state index contributed by atoms with van der Waals surface area (Å²) in [7, 11) is 0. The van der Waals surface area contributed by atoms with E-state index < -0.39 is 0 Å². The van der Waals surface area contributed by atoms with Crippen LogP contribution in [0, 0.1) is 0 Å². The highest BCUT2D eigenvalue weighted by atomic mass is 16.2. The van der Waals surface area contributed by atoms with Gasteiger partial charge in [0, 0.05) is 11.3 Å². The lowest BCUT2D eigenvalue weighted by molar-refractivity contribution is 0.0955. The summed E-state index contributed by atoms with van der Waals surface area (Å²) in [5.74, 6) is -0.215. The second-order valence-electron chi connectivity index (χ2n) is 4.81. The molecule has 4 nitrogen and oxygen atoms in total. The number of nitrogen functional groups attached to an aromatic ring is 1. The molecule has 0 saturated carbocycles. The van der Waals surface area contributed by atoms with Gasteiger partial charge in [-0.2, -0.15) is 5.10 Å². The van der Waals surface area contributed by atoms with Gasteiger partial charge in [-0.25, -0.2) is 5.43 Å². The fourth-order valence-corrected chi connectivity index (χ4v) is 1.88. The van der Waals surface area contributed by atoms with Crippen molar-refractivity contribution in [3.8, 4) is 0 Å². The summed E-state index contributed by atoms with van der Waals surface area (Å²) >= 11 is 0. The topological polar surface area (TPSA) is 67.5 Å². The monoisotopic (exact) mass is 281 g/mol. The first kappa shape index (κ1) is 14.8. The lowest BCUT2D eigenvalue weighted by Gasteiger charge is -2.04. The number of rotatable bonds is 4. The largest absolute Gasteiger partial charge is 0.399 e. The Hall–Kier alpha value is -2.62. The highest BCUT2D eigenvalue weighted by molar-refractivity contribution is 6.01. The Labute approximate surface area is 124 Å². The minimum Gasteiger partial charge on any atom is -0.399 e. The van der Waals surface area contributed by atoms with Crippen LogP contribution < -0.4 is 11.2 Å². The van der Waals surface area contributed by atoms with E-state index in [1.54, 1.807) is 12.1 Å². The van der Waals surface area contributed by atoms with E-state index in [2.05, 4.69) is 17.5 Å². The summed E-state index contributed by atoms with van der Waals surface area (Å²) in [6, 6.07) is 14.9. The number of benzene rings is 2. The van der Waals surface area contributed by atoms with Gasteiger partial charge in [0.05, 0.1) is 5.71 Å². The molecule has 2 rings (SSSR count). The molecular weight excluding hydrogens is 262 g/mol. The van der Waals surface area contributed by atoms with Crippen LogP contribution in [-0.2, 0) is 6.42 Å². The number of carbonyl (C=O) groups excluding carboxylic acids is 1. The average Bonchev–Trinajstić information content (AvgIpc) is 2.53. The fourth-order valence-electron chi connectivity index (χ4n) is 1.88. The minimum absolute atomic E-state index is 0.215. The smallest absolute Gasteiger partial charge is 0.271 e. The van der Waals surface area contributed by atoms with Crippen molar-refractivity contribution in [1.29, 1.82) is 0 Å². The first-order valence-electron chi connectivity index (χ1n) is 6.89. The standard InChI is InChI=1S/C17H19N3O/c1-3-13-4-6-15(7-5-13)17(21)20-19-12(2)14-8-10-16(18)11-9-14/h4-11H,3,18H2,1-2H3,(H,20,21)/b19-12-. The Morgan fingerprint density at radius 3 is 2.19 bits per heavy atom. The molecular formula is C17H19N3O. The number of amides is 1. The van der Waals surface area contributed by atoms with E-state index in [4.69, 9.17) is 5.73 Å². The van der Waals surface area contributed by atoms with Crippen LogP contribution in [0.2, 0.25) is 0 Å². The molecule has 0 bridgehead atoms. The number of carbonyl (C=O) groups is 1. The minimum atomic E-state index is -0.215. The molecule has 3 N–H and O–H groups in total. The maximum atomic E-state index is 12.0. The van der Waals surface area contributed by atoms with E-state index in [1.807, 2.05) is 43.3 Å². The van der Waals surface area contributed by atoms with Crippen molar-refractivity contribution in [3.05, 3.63) is 65.2 Å². The molecule has 0 radical (unpaired) electrons. The van der Waals surface area contributed by atoms with Crippen LogP contribution in [0.25, 0.3) is 0 Å². The predicted octanol–water partition coefficient (Wildman–Crippen LogP) is 2.99. The van der Waals surface area contributed by atoms with Crippen LogP contribution in [0.5, 0.6) is 0 Å². The normalized spacial score (nSPS) is 11.2. The summed E-state index contributed by atoms with van der Waals surface area (Å²) in [6.07, 6.45) is 0.955. The second kappa shape index (κ2) is 6.70. The Morgan fingerprint density at radius 1 is 1.05 bits per heavy atom. The van der Waals surface area contributed by atoms with Crippen molar-refractivity contribution in [3.63, 3.8) is 0 Å². The summed E-state index contributed by atoms with van der Waals surface area (Å²) in [5.41, 5.74) is 12.4. The molecule has 0 spiro atoms. The first-order chi connectivity index (χ1) is 10.1. The molecule has 21 heavy (non-hydrogen) atoms. The lowest BCUT2D eigenvalue weighted by Crippen LogP contribution is -2.19. The van der Waals surface area contributed by atoms with Gasteiger partial charge in [-0.15, -0.1) is 0 Å². The Morgan fingerprint density at radius 2 is 1.62 bits per heavy atom. The molecule has 0 aliphatic heterocycles. The van der Waals surface area contributed by atoms with Crippen molar-refractivity contribution in [2.45, 2.75) is 20.3 Å². The van der Waals surface area contributed by atoms with Crippen LogP contribution >= 0.6 is 0 Å². The molecule has 0 unspecified atom stereocenters. The van der Waals surface area contributed by atoms with Crippen LogP contribution in [0.1, 0.15) is 35.3 Å². The highest BCUT2D eigenvalue weighted by Gasteiger charge is 2.04. The van der Waals surface area contributed by atoms with Crippen molar-refractivity contribution in [1.82, 2.24) is 5.43 Å². The Kier molecular flexibility index (Phi) is 4.72. The van der Waals surface area contributed by atoms with Gasteiger partial charge in [0.25, 0.3) is 5.91 Å². The first-order valence-corrected chi connectivity index (χ1v) is 6.89. The molecule has 0 aliphatic rings. The predicted molar refractivity (Wildman–Crippen MR) is 86.4 cm³/mol. The Balaban J connectivity index is 2.04. The summed E-state index contributed by atoms with van der Waals surface area (Å²) in [5, 5.41) is 4.12. The van der Waals surface area contributed by atoms with E-state index >= 15 is 0 Å². The van der Waals surface area contributed by atoms with Crippen LogP contribution in [0.4, 0.5) is 5.69 Å². The SMILES string of the molecule is CCc1ccc(C(=O)N/N=C(/C)c2ccc(N)cc2)cc1. The van der Waals surface area contributed by atoms with Gasteiger partial charge in [-0.3, -0.25) is 4.79 Å². The number of aryl methyl sites for hydroxylation is 1. The molecule has 2 aromatic carbocycles. The fraction of sp³-hybridized carbons (Fsp3) is 0.176. The second-order valence-corrected chi connectivity index (χ2v) is 4.81. The van der Waals surface area contributed by atoms with Gasteiger partial charge in [0.15, 0.2) is 0 Å². The van der Waals surface area contributed by atoms with E-state index in [0.717, 1.165) is 17.7 Å². The molecule has 0 fully saturated rings. The zero-order chi connectivity index (χ0) is 15.2. The maximum Gasteiger partial charge on any atom is 0.271 e. The van der Waals surface area contributed by atoms with E-state index in [9.17, 15) is 4.79 Å². The third kappa shape index (κ3) is 3.92. The third-order valence-electron chi connectivity index (χ3n) is 3.28. The molecule has 0 saturated heterocycles. The summed E-state index contributed by atoms with van der Waals surface area (Å²) in [6.45, 7) is 3.92. The van der Waals surface area contributed by atoms with Gasteiger partial charge >= 0.3 is 0 Å². The van der Waals surface area contributed by atoms with E-state index in [1.165, 1.54) is 5.56 Å². The van der Waals surface area contributed by atoms with Gasteiger partial charge in [0.2, 0.25) is 0 Å². The van der Waals surface area contributed by atoms with Crippen LogP contribution in [-0.4, -0.2) is 11.6 Å². The number of hydrazone groups is 1. The molecule has 0 atom stereocenters. The van der Waals surface area contributed by atoms with Crippen molar-refractivity contribution < 1.29 is 4.79 Å². The number of hydrogen-bond acceptors (Lipinski definition) is 3. The highest BCUT2D eigenvalue weighted by Crippen LogP contribution is 2.07. The number of anilines is 1. The number of nitrogens with two attached hydrogens (primary N) is 1. The van der Waals surface area contributed by atoms with Crippen molar-refractivity contribution in [2.24, 2.45) is 5.10 Å². The van der Waals surface area contributed by atoms with Gasteiger partial charge in [-0.1, -0.05) is 31.2 Å². The zero-order valence-corrected chi connectivity index (χ0v) is 12.3. The quantitative estimate of drug-likeness (QED) is 0.514. The zero-order valence-electron chi connectivity index (χ0n) is 12.3. The summed E-state index contributed by atoms with van der Waals surface area (Å²) < 4.78 is 0. The number of nitrogens with zero attached hydrogens (tertiary/aromatic N) is 1. The van der Waals surface area contributed by atoms with E-state index in [-0.39, 0.29) is 5.91 Å².